The van der Waals surface area contributed by atoms with Gasteiger partial charge >= 0.3 is 0 Å². The second kappa shape index (κ2) is 10.4. The number of thiophene rings is 1. The minimum absolute atomic E-state index is 0.0227. The third-order valence-electron chi connectivity index (χ3n) is 5.03. The number of hydrogen-bond acceptors (Lipinski definition) is 6. The van der Waals surface area contributed by atoms with Crippen molar-refractivity contribution in [2.24, 2.45) is 0 Å². The number of aryl methyl sites for hydroxylation is 1. The molecule has 1 amide bonds. The molecule has 0 aliphatic heterocycles. The van der Waals surface area contributed by atoms with Gasteiger partial charge in [-0.15, -0.1) is 11.3 Å². The molecule has 0 spiro atoms. The molecule has 1 aliphatic rings. The Balaban J connectivity index is 1.71. The molecule has 1 aromatic carbocycles. The fourth-order valence-electron chi connectivity index (χ4n) is 3.48. The lowest BCUT2D eigenvalue weighted by Gasteiger charge is -2.13. The van der Waals surface area contributed by atoms with Gasteiger partial charge in [0, 0.05) is 30.7 Å². The highest BCUT2D eigenvalue weighted by molar-refractivity contribution is 7.16. The van der Waals surface area contributed by atoms with Gasteiger partial charge in [-0.3, -0.25) is 9.59 Å². The van der Waals surface area contributed by atoms with Gasteiger partial charge in [0.2, 0.25) is 0 Å². The maximum absolute atomic E-state index is 12.9. The summed E-state index contributed by atoms with van der Waals surface area (Å²) >= 11 is 1.61. The van der Waals surface area contributed by atoms with Gasteiger partial charge in [0.15, 0.2) is 5.78 Å². The number of amides is 1. The molecule has 2 aromatic rings. The smallest absolute Gasteiger partial charge is 0.254 e. The molecule has 1 aromatic heterocycles. The normalized spacial score (nSPS) is 12.9. The number of carbonyl (C=O) groups excluding carboxylic acids is 2. The number of carbonyl (C=O) groups is 2. The topological polar surface area (TPSA) is 76.7 Å². The summed E-state index contributed by atoms with van der Waals surface area (Å²) in [4.78, 5) is 26.7. The van der Waals surface area contributed by atoms with Crippen LogP contribution in [0.5, 0.6) is 5.75 Å². The van der Waals surface area contributed by atoms with E-state index < -0.39 is 0 Å². The summed E-state index contributed by atoms with van der Waals surface area (Å²) in [7, 11) is 3.25. The van der Waals surface area contributed by atoms with Crippen LogP contribution in [-0.4, -0.2) is 45.6 Å². The first-order chi connectivity index (χ1) is 14.1. The Kier molecular flexibility index (Phi) is 7.66. The van der Waals surface area contributed by atoms with Gasteiger partial charge in [0.1, 0.15) is 10.8 Å². The highest BCUT2D eigenvalue weighted by Crippen LogP contribution is 2.38. The van der Waals surface area contributed by atoms with Crippen LogP contribution in [0.4, 0.5) is 5.00 Å². The van der Waals surface area contributed by atoms with Crippen molar-refractivity contribution in [3.05, 3.63) is 45.8 Å². The molecule has 0 saturated heterocycles. The summed E-state index contributed by atoms with van der Waals surface area (Å²) in [6, 6.07) is 7.06. The summed E-state index contributed by atoms with van der Waals surface area (Å²) in [6.07, 6.45) is 4.93. The second-order valence-corrected chi connectivity index (χ2v) is 8.13. The Morgan fingerprint density at radius 1 is 1.10 bits per heavy atom. The zero-order valence-electron chi connectivity index (χ0n) is 17.0. The molecule has 1 aliphatic carbocycles. The number of hydrogen-bond donors (Lipinski definition) is 2. The zero-order valence-corrected chi connectivity index (χ0v) is 17.8. The van der Waals surface area contributed by atoms with Crippen LogP contribution in [0, 0.1) is 0 Å². The molecule has 0 atom stereocenters. The number of ketones is 1. The Morgan fingerprint density at radius 2 is 1.86 bits per heavy atom. The van der Waals surface area contributed by atoms with Crippen LogP contribution in [0.2, 0.25) is 0 Å². The van der Waals surface area contributed by atoms with Gasteiger partial charge in [0.05, 0.1) is 19.2 Å². The van der Waals surface area contributed by atoms with Crippen molar-refractivity contribution in [2.45, 2.75) is 32.1 Å². The lowest BCUT2D eigenvalue weighted by molar-refractivity contribution is 0.0946. The van der Waals surface area contributed by atoms with Crippen molar-refractivity contribution in [3.63, 3.8) is 0 Å². The van der Waals surface area contributed by atoms with Crippen LogP contribution in [0.1, 0.15) is 50.4 Å². The van der Waals surface area contributed by atoms with Crippen molar-refractivity contribution >= 4 is 28.0 Å². The van der Waals surface area contributed by atoms with Crippen molar-refractivity contribution in [1.82, 2.24) is 5.32 Å². The number of benzene rings is 1. The van der Waals surface area contributed by atoms with Crippen molar-refractivity contribution in [3.8, 4) is 5.75 Å². The Morgan fingerprint density at radius 3 is 2.59 bits per heavy atom. The fraction of sp³-hybridized carbons (Fsp3) is 0.455. The SMILES string of the molecule is COCCCNC(=O)c1c(NCC(=O)c2ccc(OC)cc2)sc2c1CCCC2. The van der Waals surface area contributed by atoms with Crippen LogP contribution in [0.25, 0.3) is 0 Å². The molecule has 6 nitrogen and oxygen atoms in total. The van der Waals surface area contributed by atoms with Crippen LogP contribution in [0.3, 0.4) is 0 Å². The largest absolute Gasteiger partial charge is 0.497 e. The minimum Gasteiger partial charge on any atom is -0.497 e. The molecule has 156 valence electrons. The third kappa shape index (κ3) is 5.36. The molecule has 7 heteroatoms. The second-order valence-electron chi connectivity index (χ2n) is 7.02. The van der Waals surface area contributed by atoms with E-state index in [1.807, 2.05) is 0 Å². The number of rotatable bonds is 10. The Bertz CT molecular complexity index is 845. The molecule has 0 fully saturated rings. The van der Waals surface area contributed by atoms with Gasteiger partial charge in [-0.05, 0) is 61.9 Å². The molecule has 0 saturated carbocycles. The predicted molar refractivity (Wildman–Crippen MR) is 116 cm³/mol. The maximum Gasteiger partial charge on any atom is 0.254 e. The van der Waals surface area contributed by atoms with Gasteiger partial charge in [-0.1, -0.05) is 0 Å². The quantitative estimate of drug-likeness (QED) is 0.456. The number of nitrogens with one attached hydrogen (secondary N) is 2. The van der Waals surface area contributed by atoms with E-state index in [9.17, 15) is 9.59 Å². The molecule has 3 rings (SSSR count). The van der Waals surface area contributed by atoms with Gasteiger partial charge in [-0.2, -0.15) is 0 Å². The Hall–Kier alpha value is -2.38. The number of Topliss-reactive ketones (excluding diaryl/α,β-unsaturated/α-hetero) is 1. The zero-order chi connectivity index (χ0) is 20.6. The van der Waals surface area contributed by atoms with Gasteiger partial charge < -0.3 is 20.1 Å². The first-order valence-corrected chi connectivity index (χ1v) is 10.8. The van der Waals surface area contributed by atoms with Crippen LogP contribution in [-0.2, 0) is 17.6 Å². The number of ether oxygens (including phenoxy) is 2. The van der Waals surface area contributed by atoms with Gasteiger partial charge in [-0.25, -0.2) is 0 Å². The lowest BCUT2D eigenvalue weighted by atomic mass is 9.95. The average molecular weight is 417 g/mol. The first kappa shape index (κ1) is 21.3. The standard InChI is InChI=1S/C22H28N2O4S/c1-27-13-5-12-23-21(26)20-17-6-3-4-7-19(17)29-22(20)24-14-18(25)15-8-10-16(28-2)11-9-15/h8-11,24H,3-7,12-14H2,1-2H3,(H,23,26). The monoisotopic (exact) mass is 416 g/mol. The van der Waals surface area contributed by atoms with E-state index in [-0.39, 0.29) is 18.2 Å². The van der Waals surface area contributed by atoms with E-state index in [4.69, 9.17) is 9.47 Å². The average Bonchev–Trinajstić information content (AvgIpc) is 3.13. The molecular weight excluding hydrogens is 388 g/mol. The molecule has 0 bridgehead atoms. The summed E-state index contributed by atoms with van der Waals surface area (Å²) in [5.74, 6) is 0.623. The first-order valence-electron chi connectivity index (χ1n) is 9.96. The van der Waals surface area contributed by atoms with E-state index in [2.05, 4.69) is 10.6 Å². The molecule has 1 heterocycles. The lowest BCUT2D eigenvalue weighted by Crippen LogP contribution is -2.27. The minimum atomic E-state index is -0.0695. The Labute approximate surface area is 175 Å². The summed E-state index contributed by atoms with van der Waals surface area (Å²) in [5, 5.41) is 7.02. The van der Waals surface area contributed by atoms with Crippen LogP contribution < -0.4 is 15.4 Å². The summed E-state index contributed by atoms with van der Waals surface area (Å²) in [6.45, 7) is 1.33. The maximum atomic E-state index is 12.9. The van der Waals surface area contributed by atoms with Crippen LogP contribution >= 0.6 is 11.3 Å². The number of methoxy groups -OCH3 is 2. The highest BCUT2D eigenvalue weighted by Gasteiger charge is 2.25. The van der Waals surface area contributed by atoms with E-state index in [0.29, 0.717) is 30.0 Å². The van der Waals surface area contributed by atoms with E-state index in [1.54, 1.807) is 49.8 Å². The highest BCUT2D eigenvalue weighted by atomic mass is 32.1. The van der Waals surface area contributed by atoms with Crippen molar-refractivity contribution in [1.29, 1.82) is 0 Å². The molecular formula is C22H28N2O4S. The molecule has 29 heavy (non-hydrogen) atoms. The van der Waals surface area contributed by atoms with E-state index in [1.165, 1.54) is 4.88 Å². The fourth-order valence-corrected chi connectivity index (χ4v) is 4.76. The summed E-state index contributed by atoms with van der Waals surface area (Å²) in [5.41, 5.74) is 2.47. The molecule has 0 radical (unpaired) electrons. The summed E-state index contributed by atoms with van der Waals surface area (Å²) < 4.78 is 10.2. The predicted octanol–water partition coefficient (Wildman–Crippen LogP) is 3.70. The van der Waals surface area contributed by atoms with Gasteiger partial charge in [0.25, 0.3) is 5.91 Å². The van der Waals surface area contributed by atoms with Crippen molar-refractivity contribution < 1.29 is 19.1 Å². The molecule has 2 N–H and O–H groups in total. The third-order valence-corrected chi connectivity index (χ3v) is 6.28. The van der Waals surface area contributed by atoms with E-state index >= 15 is 0 Å². The van der Waals surface area contributed by atoms with Crippen molar-refractivity contribution in [2.75, 3.05) is 39.2 Å². The number of anilines is 1. The van der Waals surface area contributed by atoms with E-state index in [0.717, 1.165) is 42.7 Å². The molecule has 0 unspecified atom stereocenters. The van der Waals surface area contributed by atoms with Crippen LogP contribution in [0.15, 0.2) is 24.3 Å². The number of fused-ring (bicyclic) bond motifs is 1.